The number of guanidine groups is 1. The summed E-state index contributed by atoms with van der Waals surface area (Å²) in [7, 11) is 3.63. The van der Waals surface area contributed by atoms with Gasteiger partial charge in [-0.2, -0.15) is 0 Å². The van der Waals surface area contributed by atoms with E-state index in [9.17, 15) is 0 Å². The van der Waals surface area contributed by atoms with Crippen molar-refractivity contribution < 1.29 is 9.47 Å². The Kier molecular flexibility index (Phi) is 11.8. The van der Waals surface area contributed by atoms with Crippen LogP contribution in [-0.2, 0) is 9.47 Å². The Bertz CT molecular complexity index is 419. The van der Waals surface area contributed by atoms with Gasteiger partial charge in [0.2, 0.25) is 0 Å². The lowest BCUT2D eigenvalue weighted by atomic mass is 10.1. The first-order valence-corrected chi connectivity index (χ1v) is 11.3. The zero-order valence-electron chi connectivity index (χ0n) is 18.5. The van der Waals surface area contributed by atoms with Crippen molar-refractivity contribution in [3.05, 3.63) is 0 Å². The Hall–Kier alpha value is -0.890. The van der Waals surface area contributed by atoms with Crippen molar-refractivity contribution in [3.8, 4) is 0 Å². The molecule has 0 spiro atoms. The lowest BCUT2D eigenvalue weighted by molar-refractivity contribution is 0.00991. The summed E-state index contributed by atoms with van der Waals surface area (Å²) >= 11 is 0. The van der Waals surface area contributed by atoms with Gasteiger partial charge in [-0.15, -0.1) is 0 Å². The number of ether oxygens (including phenoxy) is 2. The van der Waals surface area contributed by atoms with Crippen molar-refractivity contribution in [1.29, 1.82) is 0 Å². The van der Waals surface area contributed by atoms with Crippen LogP contribution in [0, 0.1) is 0 Å². The van der Waals surface area contributed by atoms with Crippen molar-refractivity contribution in [1.82, 2.24) is 20.0 Å². The molecule has 2 saturated heterocycles. The SMILES string of the molecule is CCN1CCN(CCCCNC(=NC)N2CCC(OCCCOC)CC2)CC1. The first-order valence-electron chi connectivity index (χ1n) is 11.3. The lowest BCUT2D eigenvalue weighted by Crippen LogP contribution is -2.47. The summed E-state index contributed by atoms with van der Waals surface area (Å²) in [5.74, 6) is 1.05. The maximum absolute atomic E-state index is 5.96. The van der Waals surface area contributed by atoms with E-state index in [0.29, 0.717) is 6.10 Å². The molecule has 0 aromatic heterocycles. The molecule has 2 heterocycles. The summed E-state index contributed by atoms with van der Waals surface area (Å²) in [6, 6.07) is 0. The summed E-state index contributed by atoms with van der Waals surface area (Å²) in [6.07, 6.45) is 5.99. The van der Waals surface area contributed by atoms with Gasteiger partial charge in [0, 0.05) is 73.2 Å². The standard InChI is InChI=1S/C21H43N5O2/c1-4-24-14-16-25(17-15-24)11-6-5-10-23-21(22-2)26-12-8-20(9-13-26)28-19-7-18-27-3/h20H,4-19H2,1-3H3,(H,22,23). The van der Waals surface area contributed by atoms with Crippen LogP contribution in [0.25, 0.3) is 0 Å². The van der Waals surface area contributed by atoms with Crippen molar-refractivity contribution >= 4 is 5.96 Å². The summed E-state index contributed by atoms with van der Waals surface area (Å²) in [5.41, 5.74) is 0. The third-order valence-corrected chi connectivity index (χ3v) is 5.90. The van der Waals surface area contributed by atoms with Crippen LogP contribution in [-0.4, -0.2) is 113 Å². The van der Waals surface area contributed by atoms with Gasteiger partial charge in [-0.25, -0.2) is 0 Å². The van der Waals surface area contributed by atoms with Crippen LogP contribution in [0.5, 0.6) is 0 Å². The molecule has 0 aliphatic carbocycles. The normalized spacial score (nSPS) is 20.7. The summed E-state index contributed by atoms with van der Waals surface area (Å²) in [5, 5.41) is 3.56. The zero-order valence-corrected chi connectivity index (χ0v) is 18.5. The average molecular weight is 398 g/mol. The minimum Gasteiger partial charge on any atom is -0.385 e. The topological polar surface area (TPSA) is 52.6 Å². The van der Waals surface area contributed by atoms with E-state index < -0.39 is 0 Å². The molecule has 164 valence electrons. The maximum Gasteiger partial charge on any atom is 0.193 e. The van der Waals surface area contributed by atoms with Gasteiger partial charge in [0.25, 0.3) is 0 Å². The second-order valence-electron chi connectivity index (χ2n) is 7.86. The number of piperazine rings is 1. The van der Waals surface area contributed by atoms with Crippen LogP contribution in [0.15, 0.2) is 4.99 Å². The van der Waals surface area contributed by atoms with Crippen molar-refractivity contribution in [2.24, 2.45) is 4.99 Å². The number of piperidine rings is 1. The van der Waals surface area contributed by atoms with E-state index >= 15 is 0 Å². The highest BCUT2D eigenvalue weighted by atomic mass is 16.5. The Morgan fingerprint density at radius 1 is 0.964 bits per heavy atom. The molecule has 7 heteroatoms. The van der Waals surface area contributed by atoms with Crippen LogP contribution in [0.4, 0.5) is 0 Å². The molecule has 1 N–H and O–H groups in total. The van der Waals surface area contributed by atoms with Crippen LogP contribution in [0.1, 0.15) is 39.0 Å². The smallest absolute Gasteiger partial charge is 0.193 e. The van der Waals surface area contributed by atoms with Crippen molar-refractivity contribution in [3.63, 3.8) is 0 Å². The molecule has 7 nitrogen and oxygen atoms in total. The van der Waals surface area contributed by atoms with E-state index in [1.54, 1.807) is 7.11 Å². The molecule has 0 bridgehead atoms. The third kappa shape index (κ3) is 8.64. The molecule has 0 amide bonds. The van der Waals surface area contributed by atoms with Gasteiger partial charge in [0.15, 0.2) is 5.96 Å². The van der Waals surface area contributed by atoms with Gasteiger partial charge in [0.05, 0.1) is 6.10 Å². The minimum atomic E-state index is 0.388. The molecule has 0 unspecified atom stereocenters. The summed E-state index contributed by atoms with van der Waals surface area (Å²) < 4.78 is 11.0. The fraction of sp³-hybridized carbons (Fsp3) is 0.952. The number of aliphatic imine (C=N–C) groups is 1. The molecule has 2 aliphatic rings. The van der Waals surface area contributed by atoms with E-state index in [0.717, 1.165) is 58.1 Å². The van der Waals surface area contributed by atoms with E-state index in [4.69, 9.17) is 9.47 Å². The molecule has 0 saturated carbocycles. The fourth-order valence-electron chi connectivity index (χ4n) is 4.01. The van der Waals surface area contributed by atoms with Gasteiger partial charge in [-0.3, -0.25) is 4.99 Å². The number of likely N-dealkylation sites (N-methyl/N-ethyl adjacent to an activating group) is 1. The molecule has 0 aromatic carbocycles. The fourth-order valence-corrected chi connectivity index (χ4v) is 4.01. The number of unbranched alkanes of at least 4 members (excludes halogenated alkanes) is 1. The van der Waals surface area contributed by atoms with Crippen LogP contribution in [0.2, 0.25) is 0 Å². The van der Waals surface area contributed by atoms with Crippen molar-refractivity contribution in [2.45, 2.75) is 45.1 Å². The first kappa shape index (κ1) is 23.4. The second kappa shape index (κ2) is 14.1. The number of rotatable bonds is 11. The quantitative estimate of drug-likeness (QED) is 0.324. The second-order valence-corrected chi connectivity index (χ2v) is 7.86. The van der Waals surface area contributed by atoms with E-state index in [-0.39, 0.29) is 0 Å². The van der Waals surface area contributed by atoms with Crippen molar-refractivity contribution in [2.75, 3.05) is 86.3 Å². The number of nitrogens with zero attached hydrogens (tertiary/aromatic N) is 4. The Morgan fingerprint density at radius 2 is 1.68 bits per heavy atom. The van der Waals surface area contributed by atoms with Gasteiger partial charge < -0.3 is 29.5 Å². The number of hydrogen-bond acceptors (Lipinski definition) is 5. The molecule has 0 atom stereocenters. The molecule has 2 fully saturated rings. The molecule has 28 heavy (non-hydrogen) atoms. The highest BCUT2D eigenvalue weighted by molar-refractivity contribution is 5.79. The van der Waals surface area contributed by atoms with Gasteiger partial charge >= 0.3 is 0 Å². The molecular formula is C21H43N5O2. The van der Waals surface area contributed by atoms with Crippen LogP contribution < -0.4 is 5.32 Å². The van der Waals surface area contributed by atoms with Gasteiger partial charge in [-0.05, 0) is 45.2 Å². The maximum atomic E-state index is 5.96. The van der Waals surface area contributed by atoms with Crippen LogP contribution in [0.3, 0.4) is 0 Å². The number of nitrogens with one attached hydrogen (secondary N) is 1. The van der Waals surface area contributed by atoms with E-state index in [1.165, 1.54) is 52.1 Å². The first-order chi connectivity index (χ1) is 13.8. The van der Waals surface area contributed by atoms with E-state index in [1.807, 2.05) is 7.05 Å². The third-order valence-electron chi connectivity index (χ3n) is 5.90. The molecule has 2 aliphatic heterocycles. The lowest BCUT2D eigenvalue weighted by Gasteiger charge is -2.34. The van der Waals surface area contributed by atoms with Gasteiger partial charge in [-0.1, -0.05) is 6.92 Å². The summed E-state index contributed by atoms with van der Waals surface area (Å²) in [4.78, 5) is 12.0. The average Bonchev–Trinajstić information content (AvgIpc) is 2.75. The summed E-state index contributed by atoms with van der Waals surface area (Å²) in [6.45, 7) is 14.2. The van der Waals surface area contributed by atoms with Gasteiger partial charge in [0.1, 0.15) is 0 Å². The number of methoxy groups -OCH3 is 1. The Balaban J connectivity index is 1.52. The molecule has 0 radical (unpaired) electrons. The van der Waals surface area contributed by atoms with Crippen LogP contribution >= 0.6 is 0 Å². The Morgan fingerprint density at radius 3 is 2.32 bits per heavy atom. The van der Waals surface area contributed by atoms with E-state index in [2.05, 4.69) is 31.9 Å². The number of hydrogen-bond donors (Lipinski definition) is 1. The zero-order chi connectivity index (χ0) is 20.0. The monoisotopic (exact) mass is 397 g/mol. The number of likely N-dealkylation sites (tertiary alicyclic amines) is 1. The largest absolute Gasteiger partial charge is 0.385 e. The molecular weight excluding hydrogens is 354 g/mol. The predicted molar refractivity (Wildman–Crippen MR) is 116 cm³/mol. The highest BCUT2D eigenvalue weighted by Gasteiger charge is 2.21. The predicted octanol–water partition coefficient (Wildman–Crippen LogP) is 1.50. The Labute approximate surface area is 172 Å². The highest BCUT2D eigenvalue weighted by Crippen LogP contribution is 2.14. The molecule has 2 rings (SSSR count). The molecule has 0 aromatic rings. The minimum absolute atomic E-state index is 0.388.